The summed E-state index contributed by atoms with van der Waals surface area (Å²) in [4.78, 5) is 14.5. The van der Waals surface area contributed by atoms with Crippen LogP contribution in [0, 0.1) is 11.3 Å². The Kier molecular flexibility index (Phi) is 3.96. The number of carbonyl (C=O) groups excluding carboxylic acids is 1. The molecular formula is C11H14F3N3O2. The third-order valence-corrected chi connectivity index (χ3v) is 3.32. The van der Waals surface area contributed by atoms with Crippen LogP contribution in [0.3, 0.4) is 0 Å². The highest BCUT2D eigenvalue weighted by Crippen LogP contribution is 2.24. The minimum atomic E-state index is -4.37. The quantitative estimate of drug-likeness (QED) is 0.732. The molecule has 0 unspecified atom stereocenters. The Labute approximate surface area is 108 Å². The fourth-order valence-corrected chi connectivity index (χ4v) is 2.47. The number of ether oxygens (including phenoxy) is 1. The molecule has 19 heavy (non-hydrogen) atoms. The predicted octanol–water partition coefficient (Wildman–Crippen LogP) is 0.374. The molecule has 0 aromatic heterocycles. The molecule has 2 aliphatic heterocycles. The Morgan fingerprint density at radius 2 is 2.16 bits per heavy atom. The maximum Gasteiger partial charge on any atom is 0.406 e. The van der Waals surface area contributed by atoms with Gasteiger partial charge in [-0.25, -0.2) is 0 Å². The molecule has 0 radical (unpaired) electrons. The predicted molar refractivity (Wildman–Crippen MR) is 58.0 cm³/mol. The second-order valence-corrected chi connectivity index (χ2v) is 4.66. The van der Waals surface area contributed by atoms with Crippen molar-refractivity contribution < 1.29 is 22.7 Å². The highest BCUT2D eigenvalue weighted by atomic mass is 19.4. The van der Waals surface area contributed by atoms with Crippen LogP contribution in [0.4, 0.5) is 13.2 Å². The van der Waals surface area contributed by atoms with Gasteiger partial charge in [0.25, 0.3) is 0 Å². The first-order chi connectivity index (χ1) is 8.90. The van der Waals surface area contributed by atoms with Gasteiger partial charge in [0.05, 0.1) is 18.7 Å². The molecular weight excluding hydrogens is 263 g/mol. The van der Waals surface area contributed by atoms with Crippen molar-refractivity contribution >= 4 is 5.91 Å². The highest BCUT2D eigenvalue weighted by molar-refractivity contribution is 5.84. The molecule has 2 atom stereocenters. The summed E-state index contributed by atoms with van der Waals surface area (Å²) in [6, 6.07) is 1.40. The Morgan fingerprint density at radius 3 is 2.79 bits per heavy atom. The monoisotopic (exact) mass is 277 g/mol. The van der Waals surface area contributed by atoms with Gasteiger partial charge < -0.3 is 9.64 Å². The van der Waals surface area contributed by atoms with Crippen molar-refractivity contribution in [2.24, 2.45) is 0 Å². The maximum atomic E-state index is 12.3. The molecule has 0 bridgehead atoms. The van der Waals surface area contributed by atoms with Gasteiger partial charge in [-0.3, -0.25) is 9.69 Å². The van der Waals surface area contributed by atoms with Gasteiger partial charge in [-0.05, 0) is 6.42 Å². The van der Waals surface area contributed by atoms with Crippen molar-refractivity contribution in [3.8, 4) is 6.07 Å². The molecule has 0 aliphatic carbocycles. The van der Waals surface area contributed by atoms with E-state index in [0.29, 0.717) is 19.6 Å². The third-order valence-electron chi connectivity index (χ3n) is 3.32. The highest BCUT2D eigenvalue weighted by Gasteiger charge is 2.42. The van der Waals surface area contributed by atoms with Crippen LogP contribution in [0.2, 0.25) is 0 Å². The smallest absolute Gasteiger partial charge is 0.361 e. The summed E-state index contributed by atoms with van der Waals surface area (Å²) in [7, 11) is 0. The van der Waals surface area contributed by atoms with Gasteiger partial charge in [-0.2, -0.15) is 18.4 Å². The third kappa shape index (κ3) is 3.36. The molecule has 106 valence electrons. The minimum Gasteiger partial charge on any atom is -0.361 e. The van der Waals surface area contributed by atoms with Crippen LogP contribution < -0.4 is 0 Å². The van der Waals surface area contributed by atoms with Gasteiger partial charge >= 0.3 is 6.18 Å². The van der Waals surface area contributed by atoms with E-state index in [1.165, 1.54) is 0 Å². The molecule has 2 fully saturated rings. The largest absolute Gasteiger partial charge is 0.406 e. The van der Waals surface area contributed by atoms with Gasteiger partial charge in [0.15, 0.2) is 6.10 Å². The van der Waals surface area contributed by atoms with Crippen LogP contribution in [-0.4, -0.2) is 66.8 Å². The van der Waals surface area contributed by atoms with Crippen LogP contribution in [0.25, 0.3) is 0 Å². The zero-order valence-electron chi connectivity index (χ0n) is 10.2. The molecule has 5 nitrogen and oxygen atoms in total. The lowest BCUT2D eigenvalue weighted by Crippen LogP contribution is -2.50. The summed E-state index contributed by atoms with van der Waals surface area (Å²) >= 11 is 0. The Bertz CT molecular complexity index is 394. The SMILES string of the molecule is N#C[C@@H]1CN([C@@H]2CCN(CC(F)(F)F)C2=O)CCO1. The van der Waals surface area contributed by atoms with Gasteiger partial charge in [-0.1, -0.05) is 0 Å². The number of amides is 1. The normalized spacial score (nSPS) is 29.6. The molecule has 0 aromatic rings. The Morgan fingerprint density at radius 1 is 1.42 bits per heavy atom. The van der Waals surface area contributed by atoms with E-state index in [9.17, 15) is 18.0 Å². The van der Waals surface area contributed by atoms with Crippen molar-refractivity contribution in [1.82, 2.24) is 9.80 Å². The van der Waals surface area contributed by atoms with E-state index in [-0.39, 0.29) is 13.1 Å². The van der Waals surface area contributed by atoms with Gasteiger partial charge in [0.2, 0.25) is 5.91 Å². The van der Waals surface area contributed by atoms with E-state index < -0.39 is 30.8 Å². The van der Waals surface area contributed by atoms with Gasteiger partial charge in [0, 0.05) is 19.6 Å². The van der Waals surface area contributed by atoms with Crippen LogP contribution >= 0.6 is 0 Å². The maximum absolute atomic E-state index is 12.3. The first-order valence-electron chi connectivity index (χ1n) is 6.01. The van der Waals surface area contributed by atoms with Crippen LogP contribution in [-0.2, 0) is 9.53 Å². The van der Waals surface area contributed by atoms with Gasteiger partial charge in [0.1, 0.15) is 6.54 Å². The molecule has 0 spiro atoms. The molecule has 1 amide bonds. The second kappa shape index (κ2) is 5.35. The van der Waals surface area contributed by atoms with E-state index in [2.05, 4.69) is 0 Å². The molecule has 2 heterocycles. The summed E-state index contributed by atoms with van der Waals surface area (Å²) in [5, 5.41) is 8.78. The molecule has 0 saturated carbocycles. The first kappa shape index (κ1) is 14.1. The molecule has 2 rings (SSSR count). The zero-order valence-corrected chi connectivity index (χ0v) is 10.2. The van der Waals surface area contributed by atoms with Crippen molar-refractivity contribution in [1.29, 1.82) is 5.26 Å². The summed E-state index contributed by atoms with van der Waals surface area (Å²) in [5.41, 5.74) is 0. The molecule has 0 N–H and O–H groups in total. The lowest BCUT2D eigenvalue weighted by Gasteiger charge is -2.33. The molecule has 2 saturated heterocycles. The van der Waals surface area contributed by atoms with E-state index in [0.717, 1.165) is 4.90 Å². The van der Waals surface area contributed by atoms with E-state index in [1.807, 2.05) is 6.07 Å². The number of morpholine rings is 1. The number of likely N-dealkylation sites (tertiary alicyclic amines) is 1. The summed E-state index contributed by atoms with van der Waals surface area (Å²) < 4.78 is 42.0. The molecule has 0 aromatic carbocycles. The number of nitrogens with zero attached hydrogens (tertiary/aromatic N) is 3. The number of nitriles is 1. The summed E-state index contributed by atoms with van der Waals surface area (Å²) in [5.74, 6) is -0.504. The van der Waals surface area contributed by atoms with Gasteiger partial charge in [-0.15, -0.1) is 0 Å². The number of carbonyl (C=O) groups is 1. The Balaban J connectivity index is 1.96. The van der Waals surface area contributed by atoms with Crippen molar-refractivity contribution in [2.75, 3.05) is 32.8 Å². The van der Waals surface area contributed by atoms with Crippen LogP contribution in [0.1, 0.15) is 6.42 Å². The number of hydrogen-bond acceptors (Lipinski definition) is 4. The average molecular weight is 277 g/mol. The van der Waals surface area contributed by atoms with E-state index in [1.54, 1.807) is 4.90 Å². The van der Waals surface area contributed by atoms with Crippen molar-refractivity contribution in [3.05, 3.63) is 0 Å². The fraction of sp³-hybridized carbons (Fsp3) is 0.818. The van der Waals surface area contributed by atoms with E-state index in [4.69, 9.17) is 10.00 Å². The van der Waals surface area contributed by atoms with Crippen LogP contribution in [0.5, 0.6) is 0 Å². The molecule has 2 aliphatic rings. The number of alkyl halides is 3. The summed E-state index contributed by atoms with van der Waals surface area (Å²) in [6.45, 7) is -0.0333. The average Bonchev–Trinajstić information content (AvgIpc) is 2.69. The lowest BCUT2D eigenvalue weighted by molar-refractivity contribution is -0.159. The minimum absolute atomic E-state index is 0.109. The summed E-state index contributed by atoms with van der Waals surface area (Å²) in [6.07, 6.45) is -4.61. The Hall–Kier alpha value is -1.33. The second-order valence-electron chi connectivity index (χ2n) is 4.66. The number of halogens is 3. The topological polar surface area (TPSA) is 56.6 Å². The molecule has 8 heteroatoms. The number of hydrogen-bond donors (Lipinski definition) is 0. The lowest BCUT2D eigenvalue weighted by atomic mass is 10.1. The van der Waals surface area contributed by atoms with E-state index >= 15 is 0 Å². The van der Waals surface area contributed by atoms with Crippen molar-refractivity contribution in [3.63, 3.8) is 0 Å². The van der Waals surface area contributed by atoms with Crippen molar-refractivity contribution in [2.45, 2.75) is 24.7 Å². The zero-order chi connectivity index (χ0) is 14.0. The number of rotatable bonds is 2. The fourth-order valence-electron chi connectivity index (χ4n) is 2.47. The standard InChI is InChI=1S/C11H14F3N3O2/c12-11(13,14)7-17-2-1-9(10(17)18)16-3-4-19-8(5-15)6-16/h8-9H,1-4,6-7H2/t8-,9-/m1/s1. The first-order valence-corrected chi connectivity index (χ1v) is 6.01. The van der Waals surface area contributed by atoms with Crippen LogP contribution in [0.15, 0.2) is 0 Å².